The predicted octanol–water partition coefficient (Wildman–Crippen LogP) is 0.0574. The number of hydrogen-bond donors (Lipinski definition) is 2. The third-order valence-corrected chi connectivity index (χ3v) is 2.89. The summed E-state index contributed by atoms with van der Waals surface area (Å²) in [6.45, 7) is -1.48. The summed E-state index contributed by atoms with van der Waals surface area (Å²) < 4.78 is 59.3. The predicted molar refractivity (Wildman–Crippen MR) is 55.3 cm³/mol. The smallest absolute Gasteiger partial charge is 0.354 e. The topological polar surface area (TPSA) is 94.2 Å². The van der Waals surface area contributed by atoms with Crippen molar-refractivity contribution in [1.29, 1.82) is 0 Å². The molecule has 0 aliphatic heterocycles. The van der Waals surface area contributed by atoms with E-state index in [4.69, 9.17) is 5.14 Å². The molecule has 0 fully saturated rings. The van der Waals surface area contributed by atoms with Crippen molar-refractivity contribution in [2.45, 2.75) is 17.6 Å². The number of halogens is 3. The largest absolute Gasteiger partial charge is 0.406 e. The molecule has 102 valence electrons. The number of sulfonamides is 1. The number of nitrogens with zero attached hydrogens (tertiary/aromatic N) is 1. The van der Waals surface area contributed by atoms with E-state index in [1.165, 1.54) is 7.05 Å². The van der Waals surface area contributed by atoms with E-state index in [2.05, 4.69) is 5.32 Å². The molecular formula is C8H10F3N3O3S. The van der Waals surface area contributed by atoms with Crippen molar-refractivity contribution >= 4 is 15.9 Å². The fourth-order valence-corrected chi connectivity index (χ4v) is 1.83. The number of nitrogens with two attached hydrogens (primary N) is 1. The first-order valence-electron chi connectivity index (χ1n) is 4.56. The normalized spacial score (nSPS) is 12.5. The van der Waals surface area contributed by atoms with Crippen LogP contribution in [0.2, 0.25) is 0 Å². The maximum absolute atomic E-state index is 12.3. The second kappa shape index (κ2) is 4.61. The lowest BCUT2D eigenvalue weighted by molar-refractivity contribution is -0.140. The van der Waals surface area contributed by atoms with Gasteiger partial charge in [0.05, 0.1) is 0 Å². The van der Waals surface area contributed by atoms with Crippen LogP contribution >= 0.6 is 0 Å². The standard InChI is InChI=1S/C8H10F3N3O3S/c1-13-7(15)6-2-5(18(12,16)17)3-14(6)4-8(9,10)11/h2-3H,4H2,1H3,(H,13,15)(H2,12,16,17). The monoisotopic (exact) mass is 285 g/mol. The summed E-state index contributed by atoms with van der Waals surface area (Å²) in [7, 11) is -2.96. The summed E-state index contributed by atoms with van der Waals surface area (Å²) in [5.41, 5.74) is -0.432. The van der Waals surface area contributed by atoms with Crippen molar-refractivity contribution in [2.75, 3.05) is 7.05 Å². The van der Waals surface area contributed by atoms with E-state index in [0.717, 1.165) is 6.07 Å². The van der Waals surface area contributed by atoms with Gasteiger partial charge in [-0.05, 0) is 6.07 Å². The lowest BCUT2D eigenvalue weighted by atomic mass is 10.4. The summed E-state index contributed by atoms with van der Waals surface area (Å²) in [4.78, 5) is 10.8. The SMILES string of the molecule is CNC(=O)c1cc(S(N)(=O)=O)cn1CC(F)(F)F. The highest BCUT2D eigenvalue weighted by atomic mass is 32.2. The van der Waals surface area contributed by atoms with Crippen molar-refractivity contribution < 1.29 is 26.4 Å². The highest BCUT2D eigenvalue weighted by Gasteiger charge is 2.30. The highest BCUT2D eigenvalue weighted by molar-refractivity contribution is 7.89. The molecule has 18 heavy (non-hydrogen) atoms. The Morgan fingerprint density at radius 1 is 1.50 bits per heavy atom. The Bertz CT molecular complexity index is 562. The lowest BCUT2D eigenvalue weighted by Gasteiger charge is -2.10. The Labute approximate surface area is 101 Å². The third-order valence-electron chi connectivity index (χ3n) is 2.01. The molecule has 1 rings (SSSR count). The van der Waals surface area contributed by atoms with E-state index < -0.39 is 39.2 Å². The van der Waals surface area contributed by atoms with Gasteiger partial charge in [0.2, 0.25) is 10.0 Å². The molecule has 0 saturated heterocycles. The van der Waals surface area contributed by atoms with Gasteiger partial charge in [0, 0.05) is 13.2 Å². The zero-order valence-electron chi connectivity index (χ0n) is 9.15. The fraction of sp³-hybridized carbons (Fsp3) is 0.375. The summed E-state index contributed by atoms with van der Waals surface area (Å²) in [6.07, 6.45) is -3.91. The number of primary sulfonamides is 1. The van der Waals surface area contributed by atoms with Gasteiger partial charge in [-0.25, -0.2) is 13.6 Å². The molecule has 0 unspecified atom stereocenters. The minimum Gasteiger partial charge on any atom is -0.354 e. The zero-order chi connectivity index (χ0) is 14.1. The van der Waals surface area contributed by atoms with Crippen LogP contribution in [0.3, 0.4) is 0 Å². The van der Waals surface area contributed by atoms with E-state index in [9.17, 15) is 26.4 Å². The summed E-state index contributed by atoms with van der Waals surface area (Å²) in [6, 6.07) is 0.792. The van der Waals surface area contributed by atoms with Gasteiger partial charge in [-0.3, -0.25) is 4.79 Å². The molecule has 1 aromatic rings. The van der Waals surface area contributed by atoms with Crippen molar-refractivity contribution in [3.63, 3.8) is 0 Å². The number of carbonyl (C=O) groups excluding carboxylic acids is 1. The second-order valence-electron chi connectivity index (χ2n) is 3.43. The van der Waals surface area contributed by atoms with Crippen molar-refractivity contribution in [1.82, 2.24) is 9.88 Å². The maximum Gasteiger partial charge on any atom is 0.406 e. The molecule has 6 nitrogen and oxygen atoms in total. The van der Waals surface area contributed by atoms with Crippen LogP contribution in [-0.4, -0.2) is 32.1 Å². The first kappa shape index (κ1) is 14.5. The average Bonchev–Trinajstić information content (AvgIpc) is 2.57. The highest BCUT2D eigenvalue weighted by Crippen LogP contribution is 2.21. The van der Waals surface area contributed by atoms with E-state index >= 15 is 0 Å². The molecule has 10 heteroatoms. The Morgan fingerprint density at radius 2 is 2.06 bits per heavy atom. The number of hydrogen-bond acceptors (Lipinski definition) is 3. The number of nitrogens with one attached hydrogen (secondary N) is 1. The van der Waals surface area contributed by atoms with Crippen LogP contribution in [0.1, 0.15) is 10.5 Å². The Balaban J connectivity index is 3.30. The number of carbonyl (C=O) groups is 1. The molecule has 0 aromatic carbocycles. The van der Waals surface area contributed by atoms with E-state index in [-0.39, 0.29) is 0 Å². The van der Waals surface area contributed by atoms with E-state index in [1.54, 1.807) is 0 Å². The molecule has 0 bridgehead atoms. The molecule has 0 atom stereocenters. The summed E-state index contributed by atoms with van der Waals surface area (Å²) >= 11 is 0. The second-order valence-corrected chi connectivity index (χ2v) is 4.99. The molecule has 1 amide bonds. The minimum absolute atomic E-state index is 0.432. The summed E-state index contributed by atoms with van der Waals surface area (Å²) in [5.74, 6) is -0.839. The number of alkyl halides is 3. The molecule has 0 aliphatic carbocycles. The van der Waals surface area contributed by atoms with Crippen LogP contribution in [0.15, 0.2) is 17.2 Å². The average molecular weight is 285 g/mol. The van der Waals surface area contributed by atoms with Gasteiger partial charge < -0.3 is 9.88 Å². The Morgan fingerprint density at radius 3 is 2.44 bits per heavy atom. The number of aromatic nitrogens is 1. The Hall–Kier alpha value is -1.55. The molecule has 0 aliphatic rings. The molecule has 0 radical (unpaired) electrons. The Kier molecular flexibility index (Phi) is 3.72. The van der Waals surface area contributed by atoms with Gasteiger partial charge in [-0.15, -0.1) is 0 Å². The molecule has 3 N–H and O–H groups in total. The van der Waals surface area contributed by atoms with Gasteiger partial charge >= 0.3 is 6.18 Å². The lowest BCUT2D eigenvalue weighted by Crippen LogP contribution is -2.25. The van der Waals surface area contributed by atoms with Crippen LogP contribution in [0.25, 0.3) is 0 Å². The molecule has 0 saturated carbocycles. The molecule has 1 heterocycles. The molecule has 1 aromatic heterocycles. The first-order chi connectivity index (χ1) is 8.04. The number of amides is 1. The first-order valence-corrected chi connectivity index (χ1v) is 6.11. The van der Waals surface area contributed by atoms with Gasteiger partial charge in [0.1, 0.15) is 17.1 Å². The van der Waals surface area contributed by atoms with Gasteiger partial charge in [0.15, 0.2) is 0 Å². The molecule has 0 spiro atoms. The van der Waals surface area contributed by atoms with Crippen LogP contribution in [0.5, 0.6) is 0 Å². The van der Waals surface area contributed by atoms with Crippen molar-refractivity contribution in [3.8, 4) is 0 Å². The van der Waals surface area contributed by atoms with Crippen LogP contribution < -0.4 is 10.5 Å². The minimum atomic E-state index is -4.59. The van der Waals surface area contributed by atoms with Gasteiger partial charge in [0.25, 0.3) is 5.91 Å². The molecular weight excluding hydrogens is 275 g/mol. The van der Waals surface area contributed by atoms with Crippen LogP contribution in [-0.2, 0) is 16.6 Å². The zero-order valence-corrected chi connectivity index (χ0v) is 9.97. The fourth-order valence-electron chi connectivity index (χ4n) is 1.28. The third kappa shape index (κ3) is 3.47. The van der Waals surface area contributed by atoms with Crippen molar-refractivity contribution in [2.24, 2.45) is 5.14 Å². The van der Waals surface area contributed by atoms with Gasteiger partial charge in [-0.1, -0.05) is 0 Å². The van der Waals surface area contributed by atoms with Gasteiger partial charge in [-0.2, -0.15) is 13.2 Å². The van der Waals surface area contributed by atoms with Crippen molar-refractivity contribution in [3.05, 3.63) is 18.0 Å². The van der Waals surface area contributed by atoms with E-state index in [0.29, 0.717) is 10.8 Å². The van der Waals surface area contributed by atoms with E-state index in [1.807, 2.05) is 0 Å². The number of rotatable bonds is 3. The summed E-state index contributed by atoms with van der Waals surface area (Å²) in [5, 5.41) is 6.90. The maximum atomic E-state index is 12.3. The van der Waals surface area contributed by atoms with Crippen LogP contribution in [0.4, 0.5) is 13.2 Å². The quantitative estimate of drug-likeness (QED) is 0.822. The van der Waals surface area contributed by atoms with Crippen LogP contribution in [0, 0.1) is 0 Å².